The second-order valence-electron chi connectivity index (χ2n) is 13.4. The summed E-state index contributed by atoms with van der Waals surface area (Å²) < 4.78 is 54.5. The fourth-order valence-corrected chi connectivity index (χ4v) is 8.10. The third kappa shape index (κ3) is 6.91. The normalized spacial score (nSPS) is 27.8. The number of pyridine rings is 1. The van der Waals surface area contributed by atoms with Gasteiger partial charge in [0, 0.05) is 36.0 Å². The fourth-order valence-electron chi connectivity index (χ4n) is 6.73. The summed E-state index contributed by atoms with van der Waals surface area (Å²) in [5.74, 6) is -2.29. The Bertz CT molecular complexity index is 1920. The van der Waals surface area contributed by atoms with Gasteiger partial charge in [-0.2, -0.15) is 0 Å². The molecule has 49 heavy (non-hydrogen) atoms. The standard InChI is InChI=1S/C36H39FN4O7S/c1-22-34(43)41-21-26(48-32-19-30(23-9-5-4-6-10-23)38-29-15-12-25(37)17-28(29)32)18-31(41)33(42)39-36(35(44)40-49(45,46)27-13-14-27)20-24(36)11-7-2-3-8-16-47-22/h4-7,9-12,15,17,19,22,24,26-27,31H,2-3,8,13-14,16,18,20-21H2,1H3,(H,39,42)(H,40,44). The van der Waals surface area contributed by atoms with Gasteiger partial charge in [0.1, 0.15) is 35.4 Å². The molecule has 3 amide bonds. The first-order valence-corrected chi connectivity index (χ1v) is 18.4. The fraction of sp³-hybridized carbons (Fsp3) is 0.444. The number of hydrogen-bond donors (Lipinski definition) is 2. The highest BCUT2D eigenvalue weighted by Crippen LogP contribution is 2.46. The topological polar surface area (TPSA) is 144 Å². The van der Waals surface area contributed by atoms with Gasteiger partial charge in [0.05, 0.1) is 23.0 Å². The molecule has 3 aromatic rings. The zero-order valence-corrected chi connectivity index (χ0v) is 28.0. The first-order valence-electron chi connectivity index (χ1n) is 16.8. The number of benzene rings is 2. The highest BCUT2D eigenvalue weighted by molar-refractivity contribution is 7.91. The minimum atomic E-state index is -3.86. The number of carbonyl (C=O) groups is 3. The lowest BCUT2D eigenvalue weighted by atomic mass is 10.1. The van der Waals surface area contributed by atoms with Crippen molar-refractivity contribution in [1.29, 1.82) is 0 Å². The van der Waals surface area contributed by atoms with Gasteiger partial charge in [0.15, 0.2) is 0 Å². The van der Waals surface area contributed by atoms with Crippen molar-refractivity contribution in [1.82, 2.24) is 19.9 Å². The Kier molecular flexibility index (Phi) is 8.91. The van der Waals surface area contributed by atoms with Crippen LogP contribution in [-0.4, -0.2) is 78.2 Å². The van der Waals surface area contributed by atoms with Gasteiger partial charge in [-0.25, -0.2) is 17.8 Å². The minimum Gasteiger partial charge on any atom is -0.488 e. The summed E-state index contributed by atoms with van der Waals surface area (Å²) >= 11 is 0. The predicted octanol–water partition coefficient (Wildman–Crippen LogP) is 4.02. The van der Waals surface area contributed by atoms with E-state index in [-0.39, 0.29) is 19.4 Å². The van der Waals surface area contributed by atoms with E-state index in [2.05, 4.69) is 10.0 Å². The molecule has 1 aromatic heterocycles. The van der Waals surface area contributed by atoms with Crippen LogP contribution in [0.3, 0.4) is 0 Å². The van der Waals surface area contributed by atoms with Crippen molar-refractivity contribution < 1.29 is 36.7 Å². The van der Waals surface area contributed by atoms with Gasteiger partial charge in [0.25, 0.3) is 11.8 Å². The lowest BCUT2D eigenvalue weighted by Gasteiger charge is -2.28. The Labute approximate surface area is 284 Å². The number of nitrogens with zero attached hydrogens (tertiary/aromatic N) is 2. The van der Waals surface area contributed by atoms with E-state index in [1.54, 1.807) is 19.1 Å². The number of fused-ring (bicyclic) bond motifs is 3. The van der Waals surface area contributed by atoms with Gasteiger partial charge >= 0.3 is 0 Å². The van der Waals surface area contributed by atoms with Crippen LogP contribution in [0.15, 0.2) is 66.7 Å². The molecule has 0 radical (unpaired) electrons. The summed E-state index contributed by atoms with van der Waals surface area (Å²) in [6.45, 7) is 2.03. The summed E-state index contributed by atoms with van der Waals surface area (Å²) in [5, 5.41) is 2.69. The minimum absolute atomic E-state index is 0.0308. The highest BCUT2D eigenvalue weighted by Gasteiger charge is 2.62. The summed E-state index contributed by atoms with van der Waals surface area (Å²) in [5.41, 5.74) is 0.497. The average Bonchev–Trinajstić information content (AvgIpc) is 4.01. The van der Waals surface area contributed by atoms with E-state index in [9.17, 15) is 27.2 Å². The number of allylic oxidation sites excluding steroid dienone is 1. The number of aromatic nitrogens is 1. The summed E-state index contributed by atoms with van der Waals surface area (Å²) in [6.07, 6.45) is 5.75. The first kappa shape index (κ1) is 33.2. The molecule has 2 aromatic carbocycles. The van der Waals surface area contributed by atoms with E-state index in [0.717, 1.165) is 12.0 Å². The molecule has 7 rings (SSSR count). The van der Waals surface area contributed by atoms with Crippen molar-refractivity contribution in [2.45, 2.75) is 80.9 Å². The zero-order valence-electron chi connectivity index (χ0n) is 27.1. The van der Waals surface area contributed by atoms with Crippen LogP contribution < -0.4 is 14.8 Å². The number of ether oxygens (including phenoxy) is 2. The van der Waals surface area contributed by atoms with Crippen LogP contribution >= 0.6 is 0 Å². The van der Waals surface area contributed by atoms with E-state index in [4.69, 9.17) is 14.5 Å². The van der Waals surface area contributed by atoms with Gasteiger partial charge in [0.2, 0.25) is 15.9 Å². The molecule has 11 nitrogen and oxygen atoms in total. The molecule has 2 aliphatic heterocycles. The monoisotopic (exact) mass is 690 g/mol. The van der Waals surface area contributed by atoms with Crippen molar-refractivity contribution in [3.8, 4) is 17.0 Å². The number of rotatable bonds is 6. The average molecular weight is 691 g/mol. The molecule has 2 saturated carbocycles. The Morgan fingerprint density at radius 1 is 1.12 bits per heavy atom. The van der Waals surface area contributed by atoms with Crippen LogP contribution in [0.2, 0.25) is 0 Å². The maximum absolute atomic E-state index is 14.5. The number of carbonyl (C=O) groups excluding carboxylic acids is 3. The van der Waals surface area contributed by atoms with E-state index >= 15 is 0 Å². The molecule has 0 bridgehead atoms. The number of amides is 3. The number of sulfonamides is 1. The van der Waals surface area contributed by atoms with Crippen LogP contribution in [0.5, 0.6) is 5.75 Å². The Morgan fingerprint density at radius 3 is 2.69 bits per heavy atom. The number of nitrogens with one attached hydrogen (secondary N) is 2. The third-order valence-corrected chi connectivity index (χ3v) is 11.6. The lowest BCUT2D eigenvalue weighted by molar-refractivity contribution is -0.147. The van der Waals surface area contributed by atoms with Crippen molar-refractivity contribution in [2.24, 2.45) is 5.92 Å². The Hall–Kier alpha value is -4.36. The Balaban J connectivity index is 1.19. The van der Waals surface area contributed by atoms with E-state index in [1.165, 1.54) is 17.0 Å². The van der Waals surface area contributed by atoms with Crippen molar-refractivity contribution in [2.75, 3.05) is 13.2 Å². The number of halogens is 1. The quantitative estimate of drug-likeness (QED) is 0.370. The smallest absolute Gasteiger partial charge is 0.259 e. The molecule has 4 aliphatic rings. The number of hydrogen-bond acceptors (Lipinski definition) is 8. The summed E-state index contributed by atoms with van der Waals surface area (Å²) in [4.78, 5) is 47.6. The molecule has 2 aliphatic carbocycles. The second-order valence-corrected chi connectivity index (χ2v) is 15.4. The van der Waals surface area contributed by atoms with E-state index in [0.29, 0.717) is 54.6 Å². The van der Waals surface area contributed by atoms with Gasteiger partial charge in [-0.1, -0.05) is 42.5 Å². The molecular formula is C36H39FN4O7S. The van der Waals surface area contributed by atoms with Crippen LogP contribution in [-0.2, 0) is 29.1 Å². The van der Waals surface area contributed by atoms with Gasteiger partial charge in [-0.05, 0) is 63.6 Å². The van der Waals surface area contributed by atoms with E-state index < -0.39 is 68.5 Å². The van der Waals surface area contributed by atoms with E-state index in [1.807, 2.05) is 42.5 Å². The Morgan fingerprint density at radius 2 is 1.92 bits per heavy atom. The van der Waals surface area contributed by atoms with Crippen LogP contribution in [0.1, 0.15) is 51.9 Å². The molecule has 13 heteroatoms. The second kappa shape index (κ2) is 13.2. The molecule has 1 saturated heterocycles. The lowest BCUT2D eigenvalue weighted by Crippen LogP contribution is -2.57. The SMILES string of the molecule is CC1OCCCCC=CC2CC2(C(=O)NS(=O)(=O)C2CC2)NC(=O)C2CC(Oc3cc(-c4ccccc4)nc4ccc(F)cc34)CN2C1=O. The maximum Gasteiger partial charge on any atom is 0.259 e. The molecule has 3 fully saturated rings. The van der Waals surface area contributed by atoms with Gasteiger partial charge < -0.3 is 19.7 Å². The molecular weight excluding hydrogens is 651 g/mol. The van der Waals surface area contributed by atoms with Crippen LogP contribution in [0, 0.1) is 11.7 Å². The van der Waals surface area contributed by atoms with Gasteiger partial charge in [-0.3, -0.25) is 19.1 Å². The third-order valence-electron chi connectivity index (χ3n) is 9.76. The van der Waals surface area contributed by atoms with Crippen LogP contribution in [0.25, 0.3) is 22.2 Å². The molecule has 2 N–H and O–H groups in total. The molecule has 0 spiro atoms. The maximum atomic E-state index is 14.5. The van der Waals surface area contributed by atoms with Crippen molar-refractivity contribution in [3.05, 3.63) is 72.6 Å². The molecule has 5 atom stereocenters. The van der Waals surface area contributed by atoms with Crippen LogP contribution in [0.4, 0.5) is 4.39 Å². The molecule has 5 unspecified atom stereocenters. The van der Waals surface area contributed by atoms with Crippen molar-refractivity contribution >= 4 is 38.6 Å². The highest BCUT2D eigenvalue weighted by atomic mass is 32.2. The molecule has 258 valence electrons. The largest absolute Gasteiger partial charge is 0.488 e. The first-order chi connectivity index (χ1) is 23.5. The summed E-state index contributed by atoms with van der Waals surface area (Å²) in [7, 11) is -3.86. The van der Waals surface area contributed by atoms with Crippen molar-refractivity contribution in [3.63, 3.8) is 0 Å². The molecule has 3 heterocycles. The zero-order chi connectivity index (χ0) is 34.3. The van der Waals surface area contributed by atoms with Gasteiger partial charge in [-0.15, -0.1) is 0 Å². The summed E-state index contributed by atoms with van der Waals surface area (Å²) in [6, 6.07) is 14.4. The predicted molar refractivity (Wildman–Crippen MR) is 179 cm³/mol.